The zero-order valence-corrected chi connectivity index (χ0v) is 15.6. The van der Waals surface area contributed by atoms with Crippen LogP contribution in [-0.4, -0.2) is 34.4 Å². The highest BCUT2D eigenvalue weighted by atomic mass is 32.2. The van der Waals surface area contributed by atoms with Crippen molar-refractivity contribution in [2.75, 3.05) is 24.4 Å². The summed E-state index contributed by atoms with van der Waals surface area (Å²) in [6.07, 6.45) is 1.12. The Balaban J connectivity index is 1.76. The summed E-state index contributed by atoms with van der Waals surface area (Å²) in [5.74, 6) is 1.07. The number of anilines is 1. The van der Waals surface area contributed by atoms with E-state index in [0.717, 1.165) is 16.1 Å². The Morgan fingerprint density at radius 2 is 1.92 bits per heavy atom. The van der Waals surface area contributed by atoms with Crippen LogP contribution in [0, 0.1) is 6.92 Å². The Kier molecular flexibility index (Phi) is 4.78. The molecule has 1 aliphatic heterocycles. The van der Waals surface area contributed by atoms with E-state index in [2.05, 4.69) is 5.32 Å². The molecule has 0 aliphatic carbocycles. The van der Waals surface area contributed by atoms with Crippen molar-refractivity contribution in [3.05, 3.63) is 53.1 Å². The molecule has 3 rings (SSSR count). The maximum Gasteiger partial charge on any atom is 0.251 e. The molecular formula is C18H20N2O5S. The standard InChI is InChI=1S/C18H20N2O5S/c1-12-14(5-4-6-15(12)20(2)26(3,22)23)18(21)19-10-13-7-8-16-17(9-13)25-11-24-16/h4-9H,10-11H2,1-3H3,(H,19,21). The van der Waals surface area contributed by atoms with Gasteiger partial charge < -0.3 is 14.8 Å². The minimum Gasteiger partial charge on any atom is -0.454 e. The normalized spacial score (nSPS) is 12.7. The molecule has 2 aromatic carbocycles. The molecule has 0 fully saturated rings. The van der Waals surface area contributed by atoms with Gasteiger partial charge in [0.15, 0.2) is 11.5 Å². The van der Waals surface area contributed by atoms with Crippen LogP contribution < -0.4 is 19.1 Å². The summed E-state index contributed by atoms with van der Waals surface area (Å²) in [6.45, 7) is 2.25. The van der Waals surface area contributed by atoms with Gasteiger partial charge in [0.2, 0.25) is 16.8 Å². The van der Waals surface area contributed by atoms with Crippen molar-refractivity contribution in [1.29, 1.82) is 0 Å². The first-order valence-corrected chi connectivity index (χ1v) is 9.82. The second kappa shape index (κ2) is 6.87. The smallest absolute Gasteiger partial charge is 0.251 e. The number of amides is 1. The zero-order valence-electron chi connectivity index (χ0n) is 14.8. The lowest BCUT2D eigenvalue weighted by Gasteiger charge is -2.20. The van der Waals surface area contributed by atoms with Gasteiger partial charge in [0, 0.05) is 19.2 Å². The van der Waals surface area contributed by atoms with E-state index in [-0.39, 0.29) is 12.7 Å². The van der Waals surface area contributed by atoms with Crippen LogP contribution in [0.15, 0.2) is 36.4 Å². The quantitative estimate of drug-likeness (QED) is 0.863. The number of hydrogen-bond acceptors (Lipinski definition) is 5. The monoisotopic (exact) mass is 376 g/mol. The number of hydrogen-bond donors (Lipinski definition) is 1. The van der Waals surface area contributed by atoms with Crippen molar-refractivity contribution in [1.82, 2.24) is 5.32 Å². The minimum absolute atomic E-state index is 0.199. The number of fused-ring (bicyclic) bond motifs is 1. The number of carbonyl (C=O) groups excluding carboxylic acids is 1. The first-order valence-electron chi connectivity index (χ1n) is 7.97. The third-order valence-electron chi connectivity index (χ3n) is 4.28. The van der Waals surface area contributed by atoms with E-state index in [4.69, 9.17) is 9.47 Å². The average Bonchev–Trinajstić information content (AvgIpc) is 3.06. The van der Waals surface area contributed by atoms with Crippen LogP contribution >= 0.6 is 0 Å². The molecule has 138 valence electrons. The summed E-state index contributed by atoms with van der Waals surface area (Å²) in [4.78, 5) is 12.6. The molecule has 0 saturated carbocycles. The molecule has 2 aromatic rings. The summed E-state index contributed by atoms with van der Waals surface area (Å²) in [6, 6.07) is 10.5. The fraction of sp³-hybridized carbons (Fsp3) is 0.278. The fourth-order valence-electron chi connectivity index (χ4n) is 2.72. The average molecular weight is 376 g/mol. The lowest BCUT2D eigenvalue weighted by molar-refractivity contribution is 0.0950. The van der Waals surface area contributed by atoms with E-state index in [1.54, 1.807) is 31.2 Å². The molecule has 1 aliphatic rings. The van der Waals surface area contributed by atoms with Crippen molar-refractivity contribution < 1.29 is 22.7 Å². The van der Waals surface area contributed by atoms with Crippen LogP contribution in [0.3, 0.4) is 0 Å². The predicted octanol–water partition coefficient (Wildman–Crippen LogP) is 2.05. The molecule has 1 heterocycles. The molecule has 0 radical (unpaired) electrons. The topological polar surface area (TPSA) is 84.9 Å². The second-order valence-electron chi connectivity index (χ2n) is 6.05. The van der Waals surface area contributed by atoms with Crippen LogP contribution in [0.25, 0.3) is 0 Å². The number of ether oxygens (including phenoxy) is 2. The highest BCUT2D eigenvalue weighted by Crippen LogP contribution is 2.32. The number of nitrogens with one attached hydrogen (secondary N) is 1. The van der Waals surface area contributed by atoms with Crippen molar-refractivity contribution in [3.8, 4) is 11.5 Å². The number of nitrogens with zero attached hydrogens (tertiary/aromatic N) is 1. The molecule has 0 unspecified atom stereocenters. The van der Waals surface area contributed by atoms with Gasteiger partial charge in [-0.3, -0.25) is 9.10 Å². The summed E-state index contributed by atoms with van der Waals surface area (Å²) in [7, 11) is -1.94. The molecule has 0 aromatic heterocycles. The third-order valence-corrected chi connectivity index (χ3v) is 5.47. The predicted molar refractivity (Wildman–Crippen MR) is 98.2 cm³/mol. The van der Waals surface area contributed by atoms with Crippen LogP contribution in [0.4, 0.5) is 5.69 Å². The van der Waals surface area contributed by atoms with E-state index in [1.165, 1.54) is 7.05 Å². The summed E-state index contributed by atoms with van der Waals surface area (Å²) in [5, 5.41) is 2.85. The van der Waals surface area contributed by atoms with E-state index in [1.807, 2.05) is 12.1 Å². The molecular weight excluding hydrogens is 356 g/mol. The highest BCUT2D eigenvalue weighted by Gasteiger charge is 2.19. The summed E-state index contributed by atoms with van der Waals surface area (Å²) >= 11 is 0. The van der Waals surface area contributed by atoms with Gasteiger partial charge in [0.05, 0.1) is 11.9 Å². The first-order chi connectivity index (χ1) is 12.3. The molecule has 26 heavy (non-hydrogen) atoms. The van der Waals surface area contributed by atoms with Gasteiger partial charge in [-0.15, -0.1) is 0 Å². The number of sulfonamides is 1. The van der Waals surface area contributed by atoms with Crippen molar-refractivity contribution in [2.45, 2.75) is 13.5 Å². The van der Waals surface area contributed by atoms with Gasteiger partial charge in [-0.1, -0.05) is 12.1 Å². The van der Waals surface area contributed by atoms with Gasteiger partial charge in [-0.2, -0.15) is 0 Å². The zero-order chi connectivity index (χ0) is 18.9. The molecule has 8 heteroatoms. The third kappa shape index (κ3) is 3.60. The fourth-order valence-corrected chi connectivity index (χ4v) is 3.27. The Bertz CT molecular complexity index is 956. The van der Waals surface area contributed by atoms with Crippen LogP contribution in [-0.2, 0) is 16.6 Å². The van der Waals surface area contributed by atoms with Gasteiger partial charge in [0.25, 0.3) is 5.91 Å². The largest absolute Gasteiger partial charge is 0.454 e. The first kappa shape index (κ1) is 18.1. The van der Waals surface area contributed by atoms with Crippen LogP contribution in [0.2, 0.25) is 0 Å². The van der Waals surface area contributed by atoms with Gasteiger partial charge in [0.1, 0.15) is 0 Å². The van der Waals surface area contributed by atoms with Crippen LogP contribution in [0.1, 0.15) is 21.5 Å². The van der Waals surface area contributed by atoms with Gasteiger partial charge in [-0.25, -0.2) is 8.42 Å². The molecule has 0 saturated heterocycles. The molecule has 0 bridgehead atoms. The van der Waals surface area contributed by atoms with Crippen molar-refractivity contribution >= 4 is 21.6 Å². The Morgan fingerprint density at radius 3 is 2.65 bits per heavy atom. The Labute approximate surface area is 152 Å². The SMILES string of the molecule is Cc1c(C(=O)NCc2ccc3c(c2)OCO3)cccc1N(C)S(C)(=O)=O. The van der Waals surface area contributed by atoms with Crippen molar-refractivity contribution in [3.63, 3.8) is 0 Å². The number of benzene rings is 2. The second-order valence-corrected chi connectivity index (χ2v) is 8.06. The van der Waals surface area contributed by atoms with Crippen LogP contribution in [0.5, 0.6) is 11.5 Å². The van der Waals surface area contributed by atoms with E-state index < -0.39 is 10.0 Å². The molecule has 0 atom stereocenters. The Hall–Kier alpha value is -2.74. The van der Waals surface area contributed by atoms with E-state index in [9.17, 15) is 13.2 Å². The number of carbonyl (C=O) groups is 1. The molecule has 1 N–H and O–H groups in total. The summed E-state index contributed by atoms with van der Waals surface area (Å²) < 4.78 is 35.3. The Morgan fingerprint density at radius 1 is 1.19 bits per heavy atom. The van der Waals surface area contributed by atoms with Gasteiger partial charge in [-0.05, 0) is 42.3 Å². The van der Waals surface area contributed by atoms with Gasteiger partial charge >= 0.3 is 0 Å². The van der Waals surface area contributed by atoms with Crippen molar-refractivity contribution in [2.24, 2.45) is 0 Å². The lowest BCUT2D eigenvalue weighted by atomic mass is 10.1. The summed E-state index contributed by atoms with van der Waals surface area (Å²) in [5.41, 5.74) is 2.38. The van der Waals surface area contributed by atoms with E-state index >= 15 is 0 Å². The maximum atomic E-state index is 12.6. The highest BCUT2D eigenvalue weighted by molar-refractivity contribution is 7.92. The minimum atomic E-state index is -3.41. The molecule has 0 spiro atoms. The molecule has 1 amide bonds. The number of rotatable bonds is 5. The maximum absolute atomic E-state index is 12.6. The molecule has 7 nitrogen and oxygen atoms in total. The van der Waals surface area contributed by atoms with E-state index in [0.29, 0.717) is 34.9 Å². The lowest BCUT2D eigenvalue weighted by Crippen LogP contribution is -2.28.